The smallest absolute Gasteiger partial charge is 0.457 e. The molecule has 2 aromatic heterocycles. The van der Waals surface area contributed by atoms with Crippen molar-refractivity contribution in [1.82, 2.24) is 19.9 Å². The zero-order valence-corrected chi connectivity index (χ0v) is 17.8. The van der Waals surface area contributed by atoms with Gasteiger partial charge in [-0.1, -0.05) is 0 Å². The van der Waals surface area contributed by atoms with E-state index in [0.717, 1.165) is 11.0 Å². The fraction of sp³-hybridized carbons (Fsp3) is 0. The first kappa shape index (κ1) is 34.6. The van der Waals surface area contributed by atoms with Crippen molar-refractivity contribution in [1.29, 1.82) is 0 Å². The summed E-state index contributed by atoms with van der Waals surface area (Å²) in [4.78, 5) is 49.8. The molecule has 35 heavy (non-hydrogen) atoms. The molecule has 0 unspecified atom stereocenters. The minimum Gasteiger partial charge on any atom is -0.457 e. The van der Waals surface area contributed by atoms with Crippen molar-refractivity contribution in [2.75, 3.05) is 0 Å². The second-order valence-electron chi connectivity index (χ2n) is 5.17. The summed E-state index contributed by atoms with van der Waals surface area (Å²) in [5.41, 5.74) is 2.97. The number of rotatable bonds is 2. The molecule has 0 atom stereocenters. The maximum atomic E-state index is 10.3. The van der Waals surface area contributed by atoms with Gasteiger partial charge in [0.25, 0.3) is 11.4 Å². The fourth-order valence-corrected chi connectivity index (χ4v) is 2.07. The molecule has 4 rings (SSSR count). The van der Waals surface area contributed by atoms with Crippen LogP contribution in [0.25, 0.3) is 22.1 Å². The number of nitrogens with zero attached hydrogens (tertiary/aromatic N) is 6. The Kier molecular flexibility index (Phi) is 16.4. The van der Waals surface area contributed by atoms with Crippen LogP contribution in [-0.2, 0) is 28.0 Å². The third kappa shape index (κ3) is 12.6. The van der Waals surface area contributed by atoms with Crippen LogP contribution in [0.1, 0.15) is 0 Å². The number of nitro groups is 2. The molecular weight excluding hydrogens is 536 g/mol. The Bertz CT molecular complexity index is 1140. The van der Waals surface area contributed by atoms with Gasteiger partial charge in [-0.2, -0.15) is 0 Å². The van der Waals surface area contributed by atoms with E-state index in [2.05, 4.69) is 19.9 Å². The van der Waals surface area contributed by atoms with Gasteiger partial charge in [0.05, 0.1) is 54.7 Å². The molecule has 2 heterocycles. The van der Waals surface area contributed by atoms with Crippen molar-refractivity contribution in [3.05, 3.63) is 99.9 Å². The number of nitrogens with one attached hydrogen (secondary N) is 2. The number of hydrogen-bond donors (Lipinski definition) is 2. The molecule has 0 aliphatic carbocycles. The van der Waals surface area contributed by atoms with Gasteiger partial charge in [-0.05, 0) is 12.1 Å². The maximum absolute atomic E-state index is 10.3. The summed E-state index contributed by atoms with van der Waals surface area (Å²) in [6, 6.07) is 9.04. The van der Waals surface area contributed by atoms with E-state index in [-0.39, 0.29) is 39.4 Å². The number of imidazole rings is 2. The van der Waals surface area contributed by atoms with Crippen molar-refractivity contribution in [2.45, 2.75) is 0 Å². The molecule has 4 aromatic rings. The Morgan fingerprint density at radius 2 is 0.886 bits per heavy atom. The first-order valence-corrected chi connectivity index (χ1v) is 7.79. The Morgan fingerprint density at radius 3 is 1.14 bits per heavy atom. The summed E-state index contributed by atoms with van der Waals surface area (Å²) < 4.78 is 0. The van der Waals surface area contributed by atoms with Crippen molar-refractivity contribution in [2.24, 2.45) is 0 Å². The quantitative estimate of drug-likeness (QED) is 0.150. The van der Waals surface area contributed by atoms with Crippen molar-refractivity contribution in [3.8, 4) is 0 Å². The molecule has 0 aliphatic heterocycles. The molecule has 21 heteroatoms. The van der Waals surface area contributed by atoms with Crippen LogP contribution in [0.4, 0.5) is 11.4 Å². The van der Waals surface area contributed by atoms with E-state index in [1.54, 1.807) is 12.1 Å². The zero-order chi connectivity index (χ0) is 24.3. The maximum Gasteiger partial charge on any atom is 2.00 e. The van der Waals surface area contributed by atoms with Crippen LogP contribution in [0.15, 0.2) is 49.1 Å². The van der Waals surface area contributed by atoms with Crippen LogP contribution in [0.5, 0.6) is 0 Å². The Labute approximate surface area is 201 Å². The number of benzene rings is 2. The Morgan fingerprint density at radius 1 is 0.600 bits per heavy atom. The first-order valence-electron chi connectivity index (χ1n) is 7.79. The van der Waals surface area contributed by atoms with E-state index in [4.69, 9.17) is 30.6 Å². The summed E-state index contributed by atoms with van der Waals surface area (Å²) in [6.45, 7) is 0. The number of fused-ring (bicyclic) bond motifs is 2. The van der Waals surface area contributed by atoms with E-state index >= 15 is 0 Å². The summed E-state index contributed by atoms with van der Waals surface area (Å²) in [6.07, 6.45) is 3.02. The van der Waals surface area contributed by atoms with Crippen LogP contribution in [-0.4, -0.2) is 40.0 Å². The second-order valence-corrected chi connectivity index (χ2v) is 5.17. The van der Waals surface area contributed by atoms with Gasteiger partial charge in [0.1, 0.15) is 0 Å². The van der Waals surface area contributed by atoms with E-state index < -0.39 is 20.0 Å². The van der Waals surface area contributed by atoms with Crippen LogP contribution in [0.3, 0.4) is 0 Å². The van der Waals surface area contributed by atoms with Gasteiger partial charge < -0.3 is 51.6 Å². The monoisotopic (exact) mass is 551 g/mol. The molecule has 0 aliphatic rings. The molecule has 8 N–H and O–H groups in total. The van der Waals surface area contributed by atoms with Gasteiger partial charge in [-0.3, -0.25) is 20.2 Å². The first-order chi connectivity index (χ1) is 15.0. The standard InChI is InChI=1S/2C7H5N3O2.Cu.2NO3.2H2O/c2*11-10(12)5-1-2-6-7(3-5)9-4-8-6;;2*2-1(3)4;;/h2*1-4H,(H,8,9);;;;2*1H2/q;;+2;2*-1;;/p+2. The molecule has 0 saturated carbocycles. The summed E-state index contributed by atoms with van der Waals surface area (Å²) in [5, 5.41) is 50.2. The molecule has 0 bridgehead atoms. The van der Waals surface area contributed by atoms with E-state index in [1.807, 2.05) is 0 Å². The minimum absolute atomic E-state index is 0. The molecule has 20 nitrogen and oxygen atoms in total. The predicted octanol–water partition coefficient (Wildman–Crippen LogP) is 0.618. The largest absolute Gasteiger partial charge is 2.00 e. The molecule has 2 aromatic carbocycles. The molecule has 0 saturated heterocycles. The minimum atomic E-state index is -1.75. The van der Waals surface area contributed by atoms with Crippen molar-refractivity contribution in [3.63, 3.8) is 0 Å². The fourth-order valence-electron chi connectivity index (χ4n) is 2.07. The van der Waals surface area contributed by atoms with Crippen molar-refractivity contribution < 1.29 is 48.0 Å². The topological polar surface area (TPSA) is 342 Å². The summed E-state index contributed by atoms with van der Waals surface area (Å²) in [5.74, 6) is 0. The van der Waals surface area contributed by atoms with E-state index in [0.29, 0.717) is 11.0 Å². The Balaban J connectivity index is -0.000000424. The number of non-ortho nitro benzene ring substituents is 2. The normalized spacial score (nSPS) is 8.46. The average molecular weight is 552 g/mol. The third-order valence-electron chi connectivity index (χ3n) is 3.23. The zero-order valence-electron chi connectivity index (χ0n) is 16.8. The van der Waals surface area contributed by atoms with Crippen LogP contribution < -0.4 is 0 Å². The van der Waals surface area contributed by atoms with Gasteiger partial charge in [0, 0.05) is 24.3 Å². The van der Waals surface area contributed by atoms with E-state index in [1.165, 1.54) is 36.9 Å². The molecule has 0 amide bonds. The second kappa shape index (κ2) is 16.6. The number of H-pyrrole nitrogens is 2. The van der Waals surface area contributed by atoms with Crippen LogP contribution >= 0.6 is 0 Å². The number of nitro benzene ring substituents is 2. The summed E-state index contributed by atoms with van der Waals surface area (Å²) in [7, 11) is 0. The van der Waals surface area contributed by atoms with E-state index in [9.17, 15) is 20.2 Å². The summed E-state index contributed by atoms with van der Waals surface area (Å²) >= 11 is 0. The molecular formula is C14H16CuN8O12+2. The number of aromatic amines is 2. The van der Waals surface area contributed by atoms with Crippen LogP contribution in [0.2, 0.25) is 0 Å². The van der Waals surface area contributed by atoms with Crippen LogP contribution in [0, 0.1) is 50.9 Å². The van der Waals surface area contributed by atoms with Gasteiger partial charge in [0.2, 0.25) is 0 Å². The van der Waals surface area contributed by atoms with Gasteiger partial charge in [0.15, 0.2) is 0 Å². The SMILES string of the molecule is O=[N+]([O-])[O-].O=[N+]([O-])[O-].O=[N+]([O-])c1ccc2[nH]cnc2c1.O=[N+]([O-])c1ccc2[nH]cnc2c1.[Cu+2].[OH3+].[OH3+]. The third-order valence-corrected chi connectivity index (χ3v) is 3.23. The molecule has 193 valence electrons. The van der Waals surface area contributed by atoms with Crippen molar-refractivity contribution >= 4 is 33.4 Å². The molecule has 0 spiro atoms. The van der Waals surface area contributed by atoms with Gasteiger partial charge in [-0.15, -0.1) is 0 Å². The molecule has 1 radical (unpaired) electrons. The Hall–Kier alpha value is -4.98. The molecule has 0 fully saturated rings. The van der Waals surface area contributed by atoms with Gasteiger partial charge in [-0.25, -0.2) is 9.97 Å². The average Bonchev–Trinajstić information content (AvgIpc) is 3.35. The van der Waals surface area contributed by atoms with Gasteiger partial charge >= 0.3 is 17.1 Å². The number of hydrogen-bond acceptors (Lipinski definition) is 12. The number of aromatic nitrogens is 4. The predicted molar refractivity (Wildman–Crippen MR) is 116 cm³/mol.